The Balaban J connectivity index is 1.93. The Morgan fingerprint density at radius 2 is 2.21 bits per heavy atom. The fourth-order valence-corrected chi connectivity index (χ4v) is 1.80. The van der Waals surface area contributed by atoms with Crippen molar-refractivity contribution in [3.63, 3.8) is 0 Å². The van der Waals surface area contributed by atoms with Crippen molar-refractivity contribution in [3.8, 4) is 0 Å². The molecule has 0 spiro atoms. The van der Waals surface area contributed by atoms with E-state index in [1.165, 1.54) is 12.8 Å². The van der Waals surface area contributed by atoms with Gasteiger partial charge in [0.05, 0.1) is 0 Å². The second kappa shape index (κ2) is 4.00. The highest BCUT2D eigenvalue weighted by Crippen LogP contribution is 2.17. The van der Waals surface area contributed by atoms with E-state index in [1.54, 1.807) is 6.08 Å². The van der Waals surface area contributed by atoms with E-state index in [0.29, 0.717) is 0 Å². The Kier molecular flexibility index (Phi) is 2.72. The number of aliphatic hydroxyl groups is 1. The van der Waals surface area contributed by atoms with Crippen LogP contribution in [-0.2, 0) is 0 Å². The topological polar surface area (TPSA) is 47.9 Å². The van der Waals surface area contributed by atoms with Crippen molar-refractivity contribution in [2.75, 3.05) is 13.1 Å². The van der Waals surface area contributed by atoms with Gasteiger partial charge in [0.1, 0.15) is 5.84 Å². The van der Waals surface area contributed by atoms with E-state index < -0.39 is 6.23 Å². The van der Waals surface area contributed by atoms with Gasteiger partial charge in [0.2, 0.25) is 0 Å². The van der Waals surface area contributed by atoms with Crippen molar-refractivity contribution in [3.05, 3.63) is 12.2 Å². The molecule has 1 unspecified atom stereocenters. The summed E-state index contributed by atoms with van der Waals surface area (Å²) in [6, 6.07) is 0. The molecule has 1 atom stereocenters. The fourth-order valence-electron chi connectivity index (χ4n) is 1.80. The fraction of sp³-hybridized carbons (Fsp3) is 0.700. The van der Waals surface area contributed by atoms with Gasteiger partial charge in [-0.1, -0.05) is 6.92 Å². The molecule has 1 saturated heterocycles. The van der Waals surface area contributed by atoms with Crippen LogP contribution in [0.3, 0.4) is 0 Å². The summed E-state index contributed by atoms with van der Waals surface area (Å²) in [5.41, 5.74) is 2.66. The molecule has 0 amide bonds. The van der Waals surface area contributed by atoms with Crippen LogP contribution in [-0.4, -0.2) is 35.2 Å². The van der Waals surface area contributed by atoms with Crippen LogP contribution < -0.4 is 5.43 Å². The van der Waals surface area contributed by atoms with Gasteiger partial charge in [-0.25, -0.2) is 0 Å². The number of nitrogens with one attached hydrogen (secondary N) is 1. The molecule has 2 aliphatic rings. The molecule has 0 aliphatic carbocycles. The lowest BCUT2D eigenvalue weighted by Gasteiger charge is -2.32. The number of rotatable bonds is 0. The molecular weight excluding hydrogens is 178 g/mol. The lowest BCUT2D eigenvalue weighted by atomic mass is 9.99. The van der Waals surface area contributed by atoms with Crippen LogP contribution in [0.25, 0.3) is 0 Å². The van der Waals surface area contributed by atoms with Crippen LogP contribution in [0.1, 0.15) is 19.8 Å². The van der Waals surface area contributed by atoms with Gasteiger partial charge < -0.3 is 10.0 Å². The van der Waals surface area contributed by atoms with Crippen molar-refractivity contribution < 1.29 is 5.11 Å². The number of hydrazone groups is 1. The highest BCUT2D eigenvalue weighted by atomic mass is 16.3. The molecule has 14 heavy (non-hydrogen) atoms. The van der Waals surface area contributed by atoms with Gasteiger partial charge in [0.25, 0.3) is 0 Å². The molecule has 0 aromatic heterocycles. The number of piperidine rings is 1. The van der Waals surface area contributed by atoms with Gasteiger partial charge in [-0.15, -0.1) is 0 Å². The zero-order valence-corrected chi connectivity index (χ0v) is 8.48. The number of hydrogen-bond donors (Lipinski definition) is 2. The lowest BCUT2D eigenvalue weighted by molar-refractivity contribution is 0.182. The normalized spacial score (nSPS) is 28.6. The Bertz CT molecular complexity index is 254. The maximum Gasteiger partial charge on any atom is 0.159 e. The minimum absolute atomic E-state index is 0.623. The molecule has 78 valence electrons. The maximum atomic E-state index is 9.14. The van der Waals surface area contributed by atoms with Crippen molar-refractivity contribution in [2.24, 2.45) is 11.0 Å². The molecule has 0 bridgehead atoms. The van der Waals surface area contributed by atoms with Crippen molar-refractivity contribution in [1.29, 1.82) is 0 Å². The summed E-state index contributed by atoms with van der Waals surface area (Å²) in [4.78, 5) is 2.26. The minimum Gasteiger partial charge on any atom is -0.369 e. The Morgan fingerprint density at radius 1 is 1.50 bits per heavy atom. The quantitative estimate of drug-likeness (QED) is 0.592. The summed E-state index contributed by atoms with van der Waals surface area (Å²) in [7, 11) is 0. The molecule has 0 radical (unpaired) electrons. The summed E-state index contributed by atoms with van der Waals surface area (Å²) in [6.45, 7) is 4.43. The van der Waals surface area contributed by atoms with Gasteiger partial charge in [-0.3, -0.25) is 5.43 Å². The third-order valence-electron chi connectivity index (χ3n) is 2.85. The van der Waals surface area contributed by atoms with E-state index in [2.05, 4.69) is 22.4 Å². The smallest absolute Gasteiger partial charge is 0.159 e. The van der Waals surface area contributed by atoms with E-state index >= 15 is 0 Å². The zero-order valence-electron chi connectivity index (χ0n) is 8.48. The minimum atomic E-state index is -0.623. The average Bonchev–Trinajstić information content (AvgIpc) is 2.21. The summed E-state index contributed by atoms with van der Waals surface area (Å²) in [5.74, 6) is 1.78. The number of hydrogen-bond acceptors (Lipinski definition) is 4. The first kappa shape index (κ1) is 9.52. The molecule has 4 heteroatoms. The summed E-state index contributed by atoms with van der Waals surface area (Å²) >= 11 is 0. The van der Waals surface area contributed by atoms with Gasteiger partial charge in [-0.05, 0) is 30.9 Å². The van der Waals surface area contributed by atoms with E-state index in [9.17, 15) is 0 Å². The highest BCUT2D eigenvalue weighted by Gasteiger charge is 2.18. The summed E-state index contributed by atoms with van der Waals surface area (Å²) in [5, 5.41) is 13.3. The standard InChI is InChI=1S/C10H17N3O/c1-8-4-6-13(7-5-8)9-2-3-10(14)12-11-9/h2-3,8,10,12,14H,4-7H2,1H3. The first-order valence-electron chi connectivity index (χ1n) is 5.20. The van der Waals surface area contributed by atoms with Crippen LogP contribution in [0.2, 0.25) is 0 Å². The van der Waals surface area contributed by atoms with Gasteiger partial charge in [-0.2, -0.15) is 5.10 Å². The Labute approximate surface area is 84.3 Å². The van der Waals surface area contributed by atoms with Crippen LogP contribution in [0.5, 0.6) is 0 Å². The molecule has 2 rings (SSSR count). The molecule has 0 aromatic carbocycles. The predicted molar refractivity (Wildman–Crippen MR) is 55.7 cm³/mol. The largest absolute Gasteiger partial charge is 0.369 e. The SMILES string of the molecule is CC1CCN(C2=NNC(O)C=C2)CC1. The monoisotopic (exact) mass is 195 g/mol. The molecule has 1 fully saturated rings. The van der Waals surface area contributed by atoms with Crippen LogP contribution >= 0.6 is 0 Å². The van der Waals surface area contributed by atoms with Gasteiger partial charge in [0.15, 0.2) is 6.23 Å². The number of likely N-dealkylation sites (tertiary alicyclic amines) is 1. The van der Waals surface area contributed by atoms with Crippen LogP contribution in [0.4, 0.5) is 0 Å². The van der Waals surface area contributed by atoms with Crippen molar-refractivity contribution in [2.45, 2.75) is 26.0 Å². The van der Waals surface area contributed by atoms with Gasteiger partial charge >= 0.3 is 0 Å². The Morgan fingerprint density at radius 3 is 2.79 bits per heavy atom. The second-order valence-electron chi connectivity index (χ2n) is 4.07. The zero-order chi connectivity index (χ0) is 9.97. The molecule has 0 aromatic rings. The third-order valence-corrected chi connectivity index (χ3v) is 2.85. The van der Waals surface area contributed by atoms with E-state index in [1.807, 2.05) is 6.08 Å². The third kappa shape index (κ3) is 2.07. The maximum absolute atomic E-state index is 9.14. The van der Waals surface area contributed by atoms with Crippen LogP contribution in [0, 0.1) is 5.92 Å². The second-order valence-corrected chi connectivity index (χ2v) is 4.07. The van der Waals surface area contributed by atoms with E-state index in [-0.39, 0.29) is 0 Å². The molecule has 4 nitrogen and oxygen atoms in total. The lowest BCUT2D eigenvalue weighted by Crippen LogP contribution is -2.40. The van der Waals surface area contributed by atoms with Crippen molar-refractivity contribution in [1.82, 2.24) is 10.3 Å². The number of aliphatic hydroxyl groups excluding tert-OH is 1. The molecular formula is C10H17N3O. The van der Waals surface area contributed by atoms with Crippen molar-refractivity contribution >= 4 is 5.84 Å². The summed E-state index contributed by atoms with van der Waals surface area (Å²) in [6.07, 6.45) is 5.45. The summed E-state index contributed by atoms with van der Waals surface area (Å²) < 4.78 is 0. The Hall–Kier alpha value is -1.03. The molecule has 2 aliphatic heterocycles. The van der Waals surface area contributed by atoms with Gasteiger partial charge in [0, 0.05) is 13.1 Å². The van der Waals surface area contributed by atoms with E-state index in [4.69, 9.17) is 5.11 Å². The molecule has 2 N–H and O–H groups in total. The van der Waals surface area contributed by atoms with Crippen LogP contribution in [0.15, 0.2) is 17.3 Å². The molecule has 0 saturated carbocycles. The predicted octanol–water partition coefficient (Wildman–Crippen LogP) is 0.510. The highest BCUT2D eigenvalue weighted by molar-refractivity contribution is 5.93. The first-order valence-corrected chi connectivity index (χ1v) is 5.20. The average molecular weight is 195 g/mol. The first-order chi connectivity index (χ1) is 6.75. The number of nitrogens with zero attached hydrogens (tertiary/aromatic N) is 2. The number of amidine groups is 1. The van der Waals surface area contributed by atoms with E-state index in [0.717, 1.165) is 24.8 Å². The molecule has 2 heterocycles.